The van der Waals surface area contributed by atoms with Crippen LogP contribution in [0.2, 0.25) is 0 Å². The smallest absolute Gasteiger partial charge is 0.0641 e. The van der Waals surface area contributed by atoms with Gasteiger partial charge in [-0.05, 0) is 40.3 Å². The van der Waals surface area contributed by atoms with E-state index in [0.717, 1.165) is 17.9 Å². The van der Waals surface area contributed by atoms with E-state index in [-0.39, 0.29) is 0 Å². The molecule has 0 amide bonds. The molecule has 0 saturated carbocycles. The largest absolute Gasteiger partial charge is 0.296 e. The molecule has 21 heavy (non-hydrogen) atoms. The van der Waals surface area contributed by atoms with Gasteiger partial charge in [0.2, 0.25) is 0 Å². The van der Waals surface area contributed by atoms with Crippen LogP contribution in [0, 0.1) is 13.8 Å². The fourth-order valence-corrected chi connectivity index (χ4v) is 2.81. The highest BCUT2D eigenvalue weighted by atomic mass is 15.2. The number of aromatic nitrogens is 2. The van der Waals surface area contributed by atoms with Gasteiger partial charge in [0.15, 0.2) is 0 Å². The fraction of sp³-hybridized carbons (Fsp3) is 0.389. The van der Waals surface area contributed by atoms with Gasteiger partial charge in [0.1, 0.15) is 0 Å². The molecule has 0 aliphatic heterocycles. The average molecular weight is 283 g/mol. The number of aromatic amines is 1. The Hall–Kier alpha value is -1.87. The lowest BCUT2D eigenvalue weighted by Crippen LogP contribution is -2.25. The van der Waals surface area contributed by atoms with E-state index in [9.17, 15) is 0 Å². The Labute approximate surface area is 127 Å². The number of hydrogen-bond donors (Lipinski definition) is 1. The van der Waals surface area contributed by atoms with Crippen LogP contribution in [-0.2, 0) is 0 Å². The van der Waals surface area contributed by atoms with E-state index in [1.54, 1.807) is 0 Å². The molecule has 1 N–H and O–H groups in total. The Bertz CT molecular complexity index is 591. The Morgan fingerprint density at radius 3 is 2.52 bits per heavy atom. The minimum absolute atomic E-state index is 0.350. The molecule has 0 fully saturated rings. The Balaban J connectivity index is 2.07. The van der Waals surface area contributed by atoms with Crippen molar-refractivity contribution in [3.05, 3.63) is 58.4 Å². The number of H-pyrrole nitrogens is 1. The molecule has 0 bridgehead atoms. The second-order valence-corrected chi connectivity index (χ2v) is 5.84. The molecule has 0 saturated heterocycles. The summed E-state index contributed by atoms with van der Waals surface area (Å²) in [5.74, 6) is 0. The zero-order valence-corrected chi connectivity index (χ0v) is 13.6. The third-order valence-corrected chi connectivity index (χ3v) is 3.98. The highest BCUT2D eigenvalue weighted by Crippen LogP contribution is 2.24. The Morgan fingerprint density at radius 1 is 1.29 bits per heavy atom. The summed E-state index contributed by atoms with van der Waals surface area (Å²) in [6.07, 6.45) is 2.25. The van der Waals surface area contributed by atoms with Gasteiger partial charge in [0.25, 0.3) is 0 Å². The van der Waals surface area contributed by atoms with Gasteiger partial charge in [-0.2, -0.15) is 5.10 Å². The SMILES string of the molecule is C/C(=C\c1ccccc1)CN(C)[C@@H](C)c1c(C)n[nH]c1C. The molecule has 1 aromatic carbocycles. The molecular weight excluding hydrogens is 258 g/mol. The normalized spacial score (nSPS) is 13.7. The maximum atomic E-state index is 4.30. The molecule has 1 aromatic heterocycles. The monoisotopic (exact) mass is 283 g/mol. The zero-order valence-electron chi connectivity index (χ0n) is 13.6. The number of hydrogen-bond acceptors (Lipinski definition) is 2. The molecule has 0 unspecified atom stereocenters. The van der Waals surface area contributed by atoms with Crippen molar-refractivity contribution >= 4 is 6.08 Å². The van der Waals surface area contributed by atoms with E-state index >= 15 is 0 Å². The Kier molecular flexibility index (Phi) is 4.97. The van der Waals surface area contributed by atoms with E-state index in [1.165, 1.54) is 16.7 Å². The highest BCUT2D eigenvalue weighted by Gasteiger charge is 2.18. The molecule has 1 atom stereocenters. The minimum Gasteiger partial charge on any atom is -0.296 e. The molecule has 1 heterocycles. The first-order valence-electron chi connectivity index (χ1n) is 7.43. The topological polar surface area (TPSA) is 31.9 Å². The molecular formula is C18H25N3. The predicted octanol–water partition coefficient (Wildman–Crippen LogP) is 4.12. The Morgan fingerprint density at radius 2 is 1.95 bits per heavy atom. The summed E-state index contributed by atoms with van der Waals surface area (Å²) in [6.45, 7) is 9.52. The summed E-state index contributed by atoms with van der Waals surface area (Å²) in [4.78, 5) is 2.36. The first-order chi connectivity index (χ1) is 9.99. The van der Waals surface area contributed by atoms with Crippen LogP contribution >= 0.6 is 0 Å². The molecule has 0 spiro atoms. The van der Waals surface area contributed by atoms with Crippen LogP contribution in [0.1, 0.15) is 42.4 Å². The van der Waals surface area contributed by atoms with Gasteiger partial charge in [0, 0.05) is 23.8 Å². The summed E-state index contributed by atoms with van der Waals surface area (Å²) in [7, 11) is 2.17. The number of rotatable bonds is 5. The van der Waals surface area contributed by atoms with Crippen LogP contribution in [0.25, 0.3) is 6.08 Å². The summed E-state index contributed by atoms with van der Waals surface area (Å²) in [5, 5.41) is 7.37. The second-order valence-electron chi connectivity index (χ2n) is 5.84. The van der Waals surface area contributed by atoms with Gasteiger partial charge in [0.05, 0.1) is 5.69 Å². The van der Waals surface area contributed by atoms with Crippen LogP contribution in [0.15, 0.2) is 35.9 Å². The molecule has 0 aliphatic rings. The number of aryl methyl sites for hydroxylation is 2. The molecule has 0 radical (unpaired) electrons. The third kappa shape index (κ3) is 3.82. The average Bonchev–Trinajstić information content (AvgIpc) is 2.78. The molecule has 0 aliphatic carbocycles. The summed E-state index contributed by atoms with van der Waals surface area (Å²) >= 11 is 0. The molecule has 3 heteroatoms. The van der Waals surface area contributed by atoms with Crippen LogP contribution in [0.4, 0.5) is 0 Å². The second kappa shape index (κ2) is 6.72. The number of likely N-dealkylation sites (N-methyl/N-ethyl adjacent to an activating group) is 1. The lowest BCUT2D eigenvalue weighted by Gasteiger charge is -2.25. The van der Waals surface area contributed by atoms with Crippen LogP contribution in [-0.4, -0.2) is 28.7 Å². The third-order valence-electron chi connectivity index (χ3n) is 3.98. The molecule has 2 aromatic rings. The summed E-state index contributed by atoms with van der Waals surface area (Å²) < 4.78 is 0. The molecule has 112 valence electrons. The van der Waals surface area contributed by atoms with Gasteiger partial charge in [-0.3, -0.25) is 10.00 Å². The first kappa shape index (κ1) is 15.5. The maximum Gasteiger partial charge on any atom is 0.0641 e. The zero-order chi connectivity index (χ0) is 15.4. The molecule has 2 rings (SSSR count). The van der Waals surface area contributed by atoms with E-state index < -0.39 is 0 Å². The van der Waals surface area contributed by atoms with E-state index in [0.29, 0.717) is 6.04 Å². The van der Waals surface area contributed by atoms with Crippen molar-refractivity contribution in [3.8, 4) is 0 Å². The van der Waals surface area contributed by atoms with Gasteiger partial charge in [-0.1, -0.05) is 42.0 Å². The van der Waals surface area contributed by atoms with Crippen molar-refractivity contribution in [1.29, 1.82) is 0 Å². The number of nitrogens with one attached hydrogen (secondary N) is 1. The first-order valence-corrected chi connectivity index (χ1v) is 7.43. The van der Waals surface area contributed by atoms with Crippen molar-refractivity contribution in [2.24, 2.45) is 0 Å². The van der Waals surface area contributed by atoms with E-state index in [2.05, 4.69) is 80.2 Å². The maximum absolute atomic E-state index is 4.30. The van der Waals surface area contributed by atoms with Gasteiger partial charge in [-0.15, -0.1) is 0 Å². The van der Waals surface area contributed by atoms with Crippen molar-refractivity contribution in [2.75, 3.05) is 13.6 Å². The van der Waals surface area contributed by atoms with Gasteiger partial charge < -0.3 is 0 Å². The van der Waals surface area contributed by atoms with Crippen molar-refractivity contribution in [1.82, 2.24) is 15.1 Å². The standard InChI is InChI=1S/C18H25N3/c1-13(11-17-9-7-6-8-10-17)12-21(5)16(4)18-14(2)19-20-15(18)3/h6-11,16H,12H2,1-5H3,(H,19,20)/b13-11+/t16-/m0/s1. The van der Waals surface area contributed by atoms with Crippen molar-refractivity contribution in [2.45, 2.75) is 33.7 Å². The van der Waals surface area contributed by atoms with Crippen molar-refractivity contribution in [3.63, 3.8) is 0 Å². The number of benzene rings is 1. The van der Waals surface area contributed by atoms with Crippen molar-refractivity contribution < 1.29 is 0 Å². The lowest BCUT2D eigenvalue weighted by molar-refractivity contribution is 0.282. The van der Waals surface area contributed by atoms with Gasteiger partial charge >= 0.3 is 0 Å². The number of nitrogens with zero attached hydrogens (tertiary/aromatic N) is 2. The summed E-state index contributed by atoms with van der Waals surface area (Å²) in [6, 6.07) is 10.8. The lowest BCUT2D eigenvalue weighted by atomic mass is 10.0. The van der Waals surface area contributed by atoms with Crippen LogP contribution in [0.3, 0.4) is 0 Å². The van der Waals surface area contributed by atoms with E-state index in [4.69, 9.17) is 0 Å². The highest BCUT2D eigenvalue weighted by molar-refractivity contribution is 5.52. The van der Waals surface area contributed by atoms with E-state index in [1.807, 2.05) is 6.07 Å². The summed E-state index contributed by atoms with van der Waals surface area (Å²) in [5.41, 5.74) is 6.18. The minimum atomic E-state index is 0.350. The quantitative estimate of drug-likeness (QED) is 0.895. The fourth-order valence-electron chi connectivity index (χ4n) is 2.81. The molecule has 3 nitrogen and oxygen atoms in total. The van der Waals surface area contributed by atoms with Gasteiger partial charge in [-0.25, -0.2) is 0 Å². The van der Waals surface area contributed by atoms with Crippen LogP contribution in [0.5, 0.6) is 0 Å². The van der Waals surface area contributed by atoms with Crippen LogP contribution < -0.4 is 0 Å². The predicted molar refractivity (Wildman–Crippen MR) is 89.2 cm³/mol.